The summed E-state index contributed by atoms with van der Waals surface area (Å²) >= 11 is 6.79. The van der Waals surface area contributed by atoms with Crippen LogP contribution >= 0.6 is 31.9 Å². The summed E-state index contributed by atoms with van der Waals surface area (Å²) in [5.74, 6) is 0.485. The Kier molecular flexibility index (Phi) is 6.32. The second kappa shape index (κ2) is 8.03. The molecule has 0 atom stereocenters. The van der Waals surface area contributed by atoms with Gasteiger partial charge in [0.1, 0.15) is 5.82 Å². The Bertz CT molecular complexity index is 776. The molecule has 2 aromatic rings. The number of benzene rings is 1. The molecule has 0 radical (unpaired) electrons. The van der Waals surface area contributed by atoms with Gasteiger partial charge in [-0.2, -0.15) is 0 Å². The highest BCUT2D eigenvalue weighted by molar-refractivity contribution is 9.11. The SMILES string of the molecule is CCCNC(=O)CN(C)Cc1nc2c(Br)cc(Br)cc2c(=O)[nH]1. The van der Waals surface area contributed by atoms with Crippen LogP contribution < -0.4 is 10.9 Å². The number of aromatic nitrogens is 2. The Morgan fingerprint density at radius 3 is 2.83 bits per heavy atom. The minimum atomic E-state index is -0.198. The van der Waals surface area contributed by atoms with Gasteiger partial charge in [0.25, 0.3) is 5.56 Å². The minimum absolute atomic E-state index is 0.0393. The van der Waals surface area contributed by atoms with E-state index in [1.807, 2.05) is 24.9 Å². The largest absolute Gasteiger partial charge is 0.355 e. The minimum Gasteiger partial charge on any atom is -0.355 e. The first-order chi connectivity index (χ1) is 10.9. The van der Waals surface area contributed by atoms with Crippen LogP contribution in [0.5, 0.6) is 0 Å². The number of H-pyrrole nitrogens is 1. The van der Waals surface area contributed by atoms with Crippen molar-refractivity contribution in [2.45, 2.75) is 19.9 Å². The quantitative estimate of drug-likeness (QED) is 0.715. The van der Waals surface area contributed by atoms with E-state index < -0.39 is 0 Å². The number of fused-ring (bicyclic) bond motifs is 1. The topological polar surface area (TPSA) is 78.1 Å². The summed E-state index contributed by atoms with van der Waals surface area (Å²) in [7, 11) is 1.81. The fourth-order valence-corrected chi connectivity index (χ4v) is 3.48. The molecule has 1 amide bonds. The molecule has 23 heavy (non-hydrogen) atoms. The number of carbonyl (C=O) groups excluding carboxylic acids is 1. The van der Waals surface area contributed by atoms with Gasteiger partial charge in [0.05, 0.1) is 24.0 Å². The average molecular weight is 446 g/mol. The number of nitrogens with one attached hydrogen (secondary N) is 2. The number of aromatic amines is 1. The summed E-state index contributed by atoms with van der Waals surface area (Å²) in [6.45, 7) is 3.31. The lowest BCUT2D eigenvalue weighted by molar-refractivity contribution is -0.122. The summed E-state index contributed by atoms with van der Waals surface area (Å²) in [5, 5.41) is 3.33. The standard InChI is InChI=1S/C15H18Br2N4O2/c1-3-4-18-13(22)8-21(2)7-12-19-14-10(15(23)20-12)5-9(16)6-11(14)17/h5-6H,3-4,7-8H2,1-2H3,(H,18,22)(H,19,20,23). The summed E-state index contributed by atoms with van der Waals surface area (Å²) in [5.41, 5.74) is 0.409. The molecule has 0 unspecified atom stereocenters. The molecule has 0 bridgehead atoms. The van der Waals surface area contributed by atoms with Crippen LogP contribution in [0.1, 0.15) is 19.2 Å². The third-order valence-corrected chi connectivity index (χ3v) is 4.25. The van der Waals surface area contributed by atoms with Crippen molar-refractivity contribution in [3.8, 4) is 0 Å². The van der Waals surface area contributed by atoms with Crippen LogP contribution in [0.2, 0.25) is 0 Å². The predicted molar refractivity (Wildman–Crippen MR) is 97.4 cm³/mol. The van der Waals surface area contributed by atoms with E-state index in [1.54, 1.807) is 6.07 Å². The highest BCUT2D eigenvalue weighted by Gasteiger charge is 2.11. The normalized spacial score (nSPS) is 11.2. The molecular formula is C15H18Br2N4O2. The molecule has 0 aliphatic rings. The molecule has 0 saturated heterocycles. The zero-order valence-corrected chi connectivity index (χ0v) is 16.1. The second-order valence-corrected chi connectivity index (χ2v) is 7.09. The first-order valence-electron chi connectivity index (χ1n) is 7.24. The smallest absolute Gasteiger partial charge is 0.258 e. The average Bonchev–Trinajstić information content (AvgIpc) is 2.46. The van der Waals surface area contributed by atoms with Gasteiger partial charge in [-0.1, -0.05) is 22.9 Å². The lowest BCUT2D eigenvalue weighted by Gasteiger charge is -2.16. The van der Waals surface area contributed by atoms with E-state index in [2.05, 4.69) is 47.1 Å². The zero-order chi connectivity index (χ0) is 17.0. The van der Waals surface area contributed by atoms with Gasteiger partial charge in [-0.3, -0.25) is 14.5 Å². The van der Waals surface area contributed by atoms with Crippen LogP contribution in [0.4, 0.5) is 0 Å². The molecule has 0 fully saturated rings. The van der Waals surface area contributed by atoms with Gasteiger partial charge in [-0.05, 0) is 41.5 Å². The molecule has 2 N–H and O–H groups in total. The van der Waals surface area contributed by atoms with Crippen LogP contribution in [0.3, 0.4) is 0 Å². The third kappa shape index (κ3) is 4.86. The Labute approximate surface area is 150 Å². The molecule has 0 aliphatic heterocycles. The van der Waals surface area contributed by atoms with Crippen molar-refractivity contribution in [1.29, 1.82) is 0 Å². The lowest BCUT2D eigenvalue weighted by atomic mass is 10.2. The fraction of sp³-hybridized carbons (Fsp3) is 0.400. The Balaban J connectivity index is 2.18. The Hall–Kier alpha value is -1.25. The summed E-state index contributed by atoms with van der Waals surface area (Å²) in [4.78, 5) is 33.0. The zero-order valence-electron chi connectivity index (χ0n) is 12.9. The van der Waals surface area contributed by atoms with Gasteiger partial charge in [0.15, 0.2) is 0 Å². The van der Waals surface area contributed by atoms with Crippen LogP contribution in [0.25, 0.3) is 10.9 Å². The van der Waals surface area contributed by atoms with E-state index in [1.165, 1.54) is 0 Å². The lowest BCUT2D eigenvalue weighted by Crippen LogP contribution is -2.35. The van der Waals surface area contributed by atoms with Crippen molar-refractivity contribution in [2.75, 3.05) is 20.1 Å². The summed E-state index contributed by atoms with van der Waals surface area (Å²) in [6.07, 6.45) is 0.901. The molecule has 8 heteroatoms. The molecule has 6 nitrogen and oxygen atoms in total. The van der Waals surface area contributed by atoms with Crippen LogP contribution in [-0.4, -0.2) is 40.9 Å². The third-order valence-electron chi connectivity index (χ3n) is 3.18. The molecular weight excluding hydrogens is 428 g/mol. The Morgan fingerprint density at radius 1 is 1.39 bits per heavy atom. The first-order valence-corrected chi connectivity index (χ1v) is 8.82. The number of hydrogen-bond acceptors (Lipinski definition) is 4. The highest BCUT2D eigenvalue weighted by Crippen LogP contribution is 2.25. The number of amides is 1. The van der Waals surface area contributed by atoms with Crippen LogP contribution in [0, 0.1) is 0 Å². The molecule has 0 aliphatic carbocycles. The van der Waals surface area contributed by atoms with E-state index in [0.29, 0.717) is 29.8 Å². The number of halogens is 2. The number of hydrogen-bond donors (Lipinski definition) is 2. The van der Waals surface area contributed by atoms with Gasteiger partial charge in [-0.15, -0.1) is 0 Å². The number of nitrogens with zero attached hydrogens (tertiary/aromatic N) is 2. The van der Waals surface area contributed by atoms with Gasteiger partial charge in [0.2, 0.25) is 5.91 Å². The number of carbonyl (C=O) groups is 1. The van der Waals surface area contributed by atoms with Crippen molar-refractivity contribution in [1.82, 2.24) is 20.2 Å². The van der Waals surface area contributed by atoms with E-state index >= 15 is 0 Å². The van der Waals surface area contributed by atoms with Crippen LogP contribution in [-0.2, 0) is 11.3 Å². The first kappa shape index (κ1) is 18.1. The molecule has 1 aromatic heterocycles. The Morgan fingerprint density at radius 2 is 2.13 bits per heavy atom. The molecule has 1 aromatic carbocycles. The van der Waals surface area contributed by atoms with Crippen LogP contribution in [0.15, 0.2) is 25.9 Å². The van der Waals surface area contributed by atoms with Crippen molar-refractivity contribution in [3.63, 3.8) is 0 Å². The fourth-order valence-electron chi connectivity index (χ4n) is 2.17. The molecule has 0 spiro atoms. The number of likely N-dealkylation sites (N-methyl/N-ethyl adjacent to an activating group) is 1. The van der Waals surface area contributed by atoms with Crippen molar-refractivity contribution in [2.24, 2.45) is 0 Å². The van der Waals surface area contributed by atoms with Gasteiger partial charge < -0.3 is 10.3 Å². The molecule has 0 saturated carbocycles. The molecule has 1 heterocycles. The van der Waals surface area contributed by atoms with Crippen molar-refractivity contribution < 1.29 is 4.79 Å². The van der Waals surface area contributed by atoms with Gasteiger partial charge in [-0.25, -0.2) is 4.98 Å². The van der Waals surface area contributed by atoms with E-state index in [-0.39, 0.29) is 18.0 Å². The maximum Gasteiger partial charge on any atom is 0.258 e. The van der Waals surface area contributed by atoms with Gasteiger partial charge in [0, 0.05) is 15.5 Å². The molecule has 124 valence electrons. The van der Waals surface area contributed by atoms with Gasteiger partial charge >= 0.3 is 0 Å². The maximum absolute atomic E-state index is 12.2. The highest BCUT2D eigenvalue weighted by atomic mass is 79.9. The number of rotatable bonds is 6. The maximum atomic E-state index is 12.2. The van der Waals surface area contributed by atoms with E-state index in [9.17, 15) is 9.59 Å². The predicted octanol–water partition coefficient (Wildman–Crippen LogP) is 2.41. The summed E-state index contributed by atoms with van der Waals surface area (Å²) < 4.78 is 1.55. The van der Waals surface area contributed by atoms with Crippen molar-refractivity contribution in [3.05, 3.63) is 37.3 Å². The summed E-state index contributed by atoms with van der Waals surface area (Å²) in [6, 6.07) is 3.58. The van der Waals surface area contributed by atoms with E-state index in [0.717, 1.165) is 15.4 Å². The monoisotopic (exact) mass is 444 g/mol. The molecule has 2 rings (SSSR count). The second-order valence-electron chi connectivity index (χ2n) is 5.32. The van der Waals surface area contributed by atoms with E-state index in [4.69, 9.17) is 0 Å². The van der Waals surface area contributed by atoms with Crippen molar-refractivity contribution >= 4 is 48.7 Å².